The van der Waals surface area contributed by atoms with Crippen LogP contribution in [0.1, 0.15) is 30.0 Å². The zero-order valence-corrected chi connectivity index (χ0v) is 20.5. The first-order valence-electron chi connectivity index (χ1n) is 12.2. The molecule has 5 aromatic rings. The molecule has 192 valence electrons. The Morgan fingerprint density at radius 3 is 2.89 bits per heavy atom. The van der Waals surface area contributed by atoms with Crippen molar-refractivity contribution < 1.29 is 18.3 Å². The number of fused-ring (bicyclic) bond motifs is 2. The number of hydrogen-bond acceptors (Lipinski definition) is 7. The summed E-state index contributed by atoms with van der Waals surface area (Å²) in [5.41, 5.74) is 3.22. The van der Waals surface area contributed by atoms with Gasteiger partial charge in [0.05, 0.1) is 41.0 Å². The lowest BCUT2D eigenvalue weighted by Crippen LogP contribution is -2.24. The van der Waals surface area contributed by atoms with Crippen molar-refractivity contribution in [2.24, 2.45) is 0 Å². The summed E-state index contributed by atoms with van der Waals surface area (Å²) in [6.07, 6.45) is 4.98. The van der Waals surface area contributed by atoms with Crippen LogP contribution in [0.15, 0.2) is 48.8 Å². The number of aromatic nitrogens is 5. The highest BCUT2D eigenvalue weighted by atomic mass is 19.1. The van der Waals surface area contributed by atoms with Crippen LogP contribution in [0, 0.1) is 23.0 Å². The summed E-state index contributed by atoms with van der Waals surface area (Å²) in [6, 6.07) is 10.6. The number of aromatic amines is 1. The van der Waals surface area contributed by atoms with Gasteiger partial charge in [-0.2, -0.15) is 10.4 Å². The molecule has 11 heteroatoms. The molecule has 0 radical (unpaired) electrons. The van der Waals surface area contributed by atoms with E-state index in [2.05, 4.69) is 21.1 Å². The van der Waals surface area contributed by atoms with Crippen molar-refractivity contribution in [1.29, 1.82) is 5.26 Å². The highest BCUT2D eigenvalue weighted by Gasteiger charge is 2.30. The standard InChI is InChI=1S/C27H23F2N7O2/c1-37-9-10-38-24-13-22-21(11-16(24)14-30)32-26(33-22)19-15-31-36-8-6-25(34-27(19)36)35-7-2-3-23(35)18-12-17(28)4-5-20(18)29/h4-6,8,11-13,15,23H,2-3,7,9-10H2,1H3,(H,32,33)/t23-/m1/s1. The summed E-state index contributed by atoms with van der Waals surface area (Å²) in [6.45, 7) is 1.38. The van der Waals surface area contributed by atoms with Crippen molar-refractivity contribution in [3.63, 3.8) is 0 Å². The predicted octanol–water partition coefficient (Wildman–Crippen LogP) is 4.79. The maximum atomic E-state index is 14.6. The molecule has 0 unspecified atom stereocenters. The number of rotatable bonds is 7. The van der Waals surface area contributed by atoms with Crippen molar-refractivity contribution in [2.75, 3.05) is 31.8 Å². The van der Waals surface area contributed by atoms with Gasteiger partial charge < -0.3 is 19.4 Å². The molecule has 1 N–H and O–H groups in total. The maximum Gasteiger partial charge on any atom is 0.168 e. The van der Waals surface area contributed by atoms with Gasteiger partial charge in [-0.05, 0) is 43.2 Å². The normalized spacial score (nSPS) is 15.4. The third kappa shape index (κ3) is 4.18. The molecule has 1 atom stereocenters. The second-order valence-electron chi connectivity index (χ2n) is 9.03. The zero-order valence-electron chi connectivity index (χ0n) is 20.5. The van der Waals surface area contributed by atoms with Gasteiger partial charge in [0.15, 0.2) is 5.65 Å². The van der Waals surface area contributed by atoms with E-state index in [1.165, 1.54) is 12.1 Å². The van der Waals surface area contributed by atoms with Gasteiger partial charge in [-0.25, -0.2) is 23.3 Å². The van der Waals surface area contributed by atoms with E-state index in [0.717, 1.165) is 12.5 Å². The van der Waals surface area contributed by atoms with Crippen LogP contribution >= 0.6 is 0 Å². The van der Waals surface area contributed by atoms with Gasteiger partial charge in [0, 0.05) is 31.5 Å². The molecule has 0 spiro atoms. The number of imidazole rings is 1. The number of halogens is 2. The van der Waals surface area contributed by atoms with E-state index in [-0.39, 0.29) is 6.04 Å². The zero-order chi connectivity index (χ0) is 26.2. The molecule has 0 saturated carbocycles. The summed E-state index contributed by atoms with van der Waals surface area (Å²) >= 11 is 0. The van der Waals surface area contributed by atoms with Crippen LogP contribution in [0.3, 0.4) is 0 Å². The minimum Gasteiger partial charge on any atom is -0.490 e. The smallest absolute Gasteiger partial charge is 0.168 e. The van der Waals surface area contributed by atoms with Gasteiger partial charge in [-0.1, -0.05) is 0 Å². The van der Waals surface area contributed by atoms with E-state index >= 15 is 0 Å². The van der Waals surface area contributed by atoms with E-state index in [9.17, 15) is 14.0 Å². The Balaban J connectivity index is 1.37. The summed E-state index contributed by atoms with van der Waals surface area (Å²) in [7, 11) is 1.58. The van der Waals surface area contributed by atoms with Crippen molar-refractivity contribution >= 4 is 22.5 Å². The lowest BCUT2D eigenvalue weighted by atomic mass is 10.0. The summed E-state index contributed by atoms with van der Waals surface area (Å²) < 4.78 is 40.9. The molecular weight excluding hydrogens is 492 g/mol. The van der Waals surface area contributed by atoms with Crippen LogP contribution < -0.4 is 9.64 Å². The highest BCUT2D eigenvalue weighted by Crippen LogP contribution is 2.37. The lowest BCUT2D eigenvalue weighted by Gasteiger charge is -2.26. The Bertz CT molecular complexity index is 1690. The topological polar surface area (TPSA) is 104 Å². The number of benzene rings is 2. The van der Waals surface area contributed by atoms with Crippen molar-refractivity contribution in [3.8, 4) is 23.2 Å². The largest absolute Gasteiger partial charge is 0.490 e. The minimum absolute atomic E-state index is 0.315. The molecule has 0 amide bonds. The molecule has 3 aromatic heterocycles. The number of nitrogens with one attached hydrogen (secondary N) is 1. The minimum atomic E-state index is -0.466. The van der Waals surface area contributed by atoms with Gasteiger partial charge in [-0.15, -0.1) is 0 Å². The Hall–Kier alpha value is -4.56. The second kappa shape index (κ2) is 9.72. The van der Waals surface area contributed by atoms with Crippen LogP contribution in [0.25, 0.3) is 28.1 Å². The molecule has 9 nitrogen and oxygen atoms in total. The SMILES string of the molecule is COCCOc1cc2[nH]c(-c3cnn4ccc(N5CCC[C@@H]5c5cc(F)ccc5F)nc34)nc2cc1C#N. The first-order valence-corrected chi connectivity index (χ1v) is 12.2. The first-order chi connectivity index (χ1) is 18.6. The fourth-order valence-corrected chi connectivity index (χ4v) is 4.93. The van der Waals surface area contributed by atoms with E-state index < -0.39 is 11.6 Å². The lowest BCUT2D eigenvalue weighted by molar-refractivity contribution is 0.146. The number of hydrogen-bond donors (Lipinski definition) is 1. The number of nitrogens with zero attached hydrogens (tertiary/aromatic N) is 6. The van der Waals surface area contributed by atoms with Gasteiger partial charge in [0.1, 0.15) is 41.7 Å². The van der Waals surface area contributed by atoms with E-state index in [4.69, 9.17) is 14.5 Å². The summed E-state index contributed by atoms with van der Waals surface area (Å²) in [5, 5.41) is 14.0. The Morgan fingerprint density at radius 2 is 2.05 bits per heavy atom. The highest BCUT2D eigenvalue weighted by molar-refractivity contribution is 5.85. The first kappa shape index (κ1) is 23.8. The average molecular weight is 516 g/mol. The van der Waals surface area contributed by atoms with Gasteiger partial charge in [0.25, 0.3) is 0 Å². The maximum absolute atomic E-state index is 14.6. The molecule has 1 fully saturated rings. The molecule has 1 aliphatic rings. The third-order valence-corrected chi connectivity index (χ3v) is 6.72. The van der Waals surface area contributed by atoms with Crippen molar-refractivity contribution in [3.05, 3.63) is 71.6 Å². The number of nitriles is 1. The average Bonchev–Trinajstić information content (AvgIpc) is 3.67. The van der Waals surface area contributed by atoms with E-state index in [0.29, 0.717) is 76.9 Å². The fraction of sp³-hybridized carbons (Fsp3) is 0.259. The molecule has 38 heavy (non-hydrogen) atoms. The van der Waals surface area contributed by atoms with E-state index in [1.54, 1.807) is 36.2 Å². The van der Waals surface area contributed by atoms with Crippen LogP contribution in [-0.4, -0.2) is 51.4 Å². The molecule has 2 aromatic carbocycles. The molecule has 0 bridgehead atoms. The summed E-state index contributed by atoms with van der Waals surface area (Å²) in [5.74, 6) is 0.719. The van der Waals surface area contributed by atoms with Gasteiger partial charge in [0.2, 0.25) is 0 Å². The predicted molar refractivity (Wildman–Crippen MR) is 136 cm³/mol. The Labute approximate surface area is 216 Å². The van der Waals surface area contributed by atoms with Crippen molar-refractivity contribution in [2.45, 2.75) is 18.9 Å². The molecule has 1 aliphatic heterocycles. The summed E-state index contributed by atoms with van der Waals surface area (Å²) in [4.78, 5) is 14.8. The van der Waals surface area contributed by atoms with Crippen LogP contribution in [0.5, 0.6) is 5.75 Å². The van der Waals surface area contributed by atoms with E-state index in [1.807, 2.05) is 11.0 Å². The van der Waals surface area contributed by atoms with Gasteiger partial charge >= 0.3 is 0 Å². The number of methoxy groups -OCH3 is 1. The number of ether oxygens (including phenoxy) is 2. The molecular formula is C27H23F2N7O2. The van der Waals surface area contributed by atoms with Crippen molar-refractivity contribution in [1.82, 2.24) is 24.6 Å². The van der Waals surface area contributed by atoms with Crippen LogP contribution in [0.2, 0.25) is 0 Å². The second-order valence-corrected chi connectivity index (χ2v) is 9.03. The molecule has 4 heterocycles. The van der Waals surface area contributed by atoms with Gasteiger partial charge in [-0.3, -0.25) is 0 Å². The monoisotopic (exact) mass is 515 g/mol. The van der Waals surface area contributed by atoms with Crippen LogP contribution in [0.4, 0.5) is 14.6 Å². The molecule has 0 aliphatic carbocycles. The van der Waals surface area contributed by atoms with Crippen LogP contribution in [-0.2, 0) is 4.74 Å². The third-order valence-electron chi connectivity index (χ3n) is 6.72. The molecule has 1 saturated heterocycles. The quantitative estimate of drug-likeness (QED) is 0.311. The Morgan fingerprint density at radius 1 is 1.16 bits per heavy atom. The number of anilines is 1. The Kier molecular flexibility index (Phi) is 6.09. The fourth-order valence-electron chi connectivity index (χ4n) is 4.93. The molecule has 6 rings (SSSR count). The number of H-pyrrole nitrogens is 1.